The maximum absolute atomic E-state index is 12.0. The number of amides is 1. The summed E-state index contributed by atoms with van der Waals surface area (Å²) in [5.74, 6) is 2.18. The molecule has 2 heterocycles. The van der Waals surface area contributed by atoms with Gasteiger partial charge in [0.1, 0.15) is 0 Å². The summed E-state index contributed by atoms with van der Waals surface area (Å²) in [5, 5.41) is 10.7. The topological polar surface area (TPSA) is 107 Å². The van der Waals surface area contributed by atoms with Crippen molar-refractivity contribution in [3.63, 3.8) is 0 Å². The fourth-order valence-corrected chi connectivity index (χ4v) is 2.97. The van der Waals surface area contributed by atoms with Crippen LogP contribution in [0.25, 0.3) is 0 Å². The zero-order valence-electron chi connectivity index (χ0n) is 14.0. The van der Waals surface area contributed by atoms with Crippen LogP contribution in [0.5, 0.6) is 0 Å². The largest absolute Gasteiger partial charge is 0.353 e. The van der Waals surface area contributed by atoms with Gasteiger partial charge in [0.15, 0.2) is 11.6 Å². The summed E-state index contributed by atoms with van der Waals surface area (Å²) >= 11 is 0. The first-order valence-corrected chi connectivity index (χ1v) is 8.59. The van der Waals surface area contributed by atoms with Crippen molar-refractivity contribution in [1.29, 1.82) is 0 Å². The molecule has 1 fully saturated rings. The molecule has 0 aliphatic heterocycles. The zero-order chi connectivity index (χ0) is 16.8. The van der Waals surface area contributed by atoms with Crippen molar-refractivity contribution in [3.8, 4) is 0 Å². The fourth-order valence-electron chi connectivity index (χ4n) is 2.97. The van der Waals surface area contributed by atoms with Gasteiger partial charge in [0.25, 0.3) is 0 Å². The number of aromatic nitrogens is 4. The Labute approximate surface area is 140 Å². The van der Waals surface area contributed by atoms with Gasteiger partial charge < -0.3 is 14.4 Å². The third kappa shape index (κ3) is 4.87. The molecule has 2 aromatic heterocycles. The second-order valence-electron chi connectivity index (χ2n) is 6.27. The fraction of sp³-hybridized carbons (Fsp3) is 0.688. The van der Waals surface area contributed by atoms with E-state index in [1.165, 1.54) is 19.3 Å². The van der Waals surface area contributed by atoms with Gasteiger partial charge in [0, 0.05) is 18.9 Å². The standard InChI is InChI=1S/C16H23N5O3/c1-11-17-15(23-20-11)8-5-9-16-19-13(21-24-16)10-14(22)18-12-6-3-2-4-7-12/h12H,2-10H2,1H3,(H,18,22). The Morgan fingerprint density at radius 2 is 1.79 bits per heavy atom. The van der Waals surface area contributed by atoms with Crippen molar-refractivity contribution in [2.24, 2.45) is 0 Å². The molecule has 0 bridgehead atoms. The Balaban J connectivity index is 1.40. The summed E-state index contributed by atoms with van der Waals surface area (Å²) in [6.45, 7) is 1.79. The van der Waals surface area contributed by atoms with Gasteiger partial charge in [0.05, 0.1) is 6.42 Å². The van der Waals surface area contributed by atoms with E-state index in [-0.39, 0.29) is 12.3 Å². The second kappa shape index (κ2) is 8.03. The van der Waals surface area contributed by atoms with E-state index in [1.807, 2.05) is 0 Å². The number of hydrogen-bond acceptors (Lipinski definition) is 7. The van der Waals surface area contributed by atoms with Gasteiger partial charge in [0.2, 0.25) is 17.7 Å². The van der Waals surface area contributed by atoms with E-state index in [0.717, 1.165) is 19.3 Å². The van der Waals surface area contributed by atoms with Gasteiger partial charge in [-0.15, -0.1) is 0 Å². The lowest BCUT2D eigenvalue weighted by atomic mass is 9.95. The molecule has 8 heteroatoms. The average Bonchev–Trinajstić information content (AvgIpc) is 3.17. The average molecular weight is 333 g/mol. The van der Waals surface area contributed by atoms with Crippen LogP contribution in [0.15, 0.2) is 9.05 Å². The molecule has 1 aliphatic rings. The van der Waals surface area contributed by atoms with Gasteiger partial charge in [-0.3, -0.25) is 4.79 Å². The Bertz CT molecular complexity index is 660. The SMILES string of the molecule is Cc1noc(CCCc2nc(CC(=O)NC3CCCCC3)no2)n1. The van der Waals surface area contributed by atoms with E-state index < -0.39 is 0 Å². The normalized spacial score (nSPS) is 15.5. The third-order valence-electron chi connectivity index (χ3n) is 4.15. The molecule has 0 aromatic carbocycles. The maximum Gasteiger partial charge on any atom is 0.228 e. The van der Waals surface area contributed by atoms with Crippen molar-refractivity contribution in [1.82, 2.24) is 25.6 Å². The maximum atomic E-state index is 12.0. The molecule has 1 aliphatic carbocycles. The number of aryl methyl sites for hydroxylation is 3. The highest BCUT2D eigenvalue weighted by atomic mass is 16.5. The molecule has 0 atom stereocenters. The van der Waals surface area contributed by atoms with Crippen LogP contribution in [0.3, 0.4) is 0 Å². The van der Waals surface area contributed by atoms with E-state index in [9.17, 15) is 4.79 Å². The quantitative estimate of drug-likeness (QED) is 0.825. The van der Waals surface area contributed by atoms with Crippen LogP contribution in [0.2, 0.25) is 0 Å². The molecule has 130 valence electrons. The highest BCUT2D eigenvalue weighted by Crippen LogP contribution is 2.17. The number of carbonyl (C=O) groups is 1. The Hall–Kier alpha value is -2.25. The smallest absolute Gasteiger partial charge is 0.228 e. The summed E-state index contributed by atoms with van der Waals surface area (Å²) in [4.78, 5) is 20.4. The Morgan fingerprint density at radius 1 is 1.08 bits per heavy atom. The third-order valence-corrected chi connectivity index (χ3v) is 4.15. The first-order valence-electron chi connectivity index (χ1n) is 8.59. The van der Waals surface area contributed by atoms with E-state index >= 15 is 0 Å². The number of carbonyl (C=O) groups excluding carboxylic acids is 1. The van der Waals surface area contributed by atoms with Crippen LogP contribution in [-0.2, 0) is 24.1 Å². The zero-order valence-corrected chi connectivity index (χ0v) is 14.0. The van der Waals surface area contributed by atoms with E-state index in [4.69, 9.17) is 9.05 Å². The van der Waals surface area contributed by atoms with Gasteiger partial charge >= 0.3 is 0 Å². The van der Waals surface area contributed by atoms with Crippen LogP contribution >= 0.6 is 0 Å². The number of nitrogens with one attached hydrogen (secondary N) is 1. The molecule has 0 radical (unpaired) electrons. The summed E-state index contributed by atoms with van der Waals surface area (Å²) < 4.78 is 10.2. The van der Waals surface area contributed by atoms with E-state index in [1.54, 1.807) is 6.92 Å². The second-order valence-corrected chi connectivity index (χ2v) is 6.27. The van der Waals surface area contributed by atoms with Crippen LogP contribution < -0.4 is 5.32 Å². The van der Waals surface area contributed by atoms with Gasteiger partial charge in [-0.2, -0.15) is 9.97 Å². The van der Waals surface area contributed by atoms with Crippen LogP contribution in [0.4, 0.5) is 0 Å². The highest BCUT2D eigenvalue weighted by molar-refractivity contribution is 5.78. The highest BCUT2D eigenvalue weighted by Gasteiger charge is 2.17. The van der Waals surface area contributed by atoms with E-state index in [2.05, 4.69) is 25.6 Å². The van der Waals surface area contributed by atoms with Gasteiger partial charge in [-0.25, -0.2) is 0 Å². The molecule has 1 saturated carbocycles. The predicted molar refractivity (Wildman–Crippen MR) is 84.1 cm³/mol. The summed E-state index contributed by atoms with van der Waals surface area (Å²) in [5.41, 5.74) is 0. The van der Waals surface area contributed by atoms with Crippen molar-refractivity contribution in [3.05, 3.63) is 23.4 Å². The molecule has 24 heavy (non-hydrogen) atoms. The van der Waals surface area contributed by atoms with Crippen LogP contribution in [0.1, 0.15) is 62.0 Å². The number of hydrogen-bond donors (Lipinski definition) is 1. The van der Waals surface area contributed by atoms with Crippen LogP contribution in [0, 0.1) is 6.92 Å². The molecule has 0 saturated heterocycles. The predicted octanol–water partition coefficient (Wildman–Crippen LogP) is 1.93. The van der Waals surface area contributed by atoms with Crippen molar-refractivity contribution in [2.75, 3.05) is 0 Å². The minimum atomic E-state index is -0.0319. The lowest BCUT2D eigenvalue weighted by Crippen LogP contribution is -2.37. The number of nitrogens with zero attached hydrogens (tertiary/aromatic N) is 4. The lowest BCUT2D eigenvalue weighted by molar-refractivity contribution is -0.121. The molecular weight excluding hydrogens is 310 g/mol. The van der Waals surface area contributed by atoms with Crippen molar-refractivity contribution in [2.45, 2.75) is 70.8 Å². The Kier molecular flexibility index (Phi) is 5.55. The monoisotopic (exact) mass is 333 g/mol. The van der Waals surface area contributed by atoms with Crippen molar-refractivity contribution >= 4 is 5.91 Å². The molecule has 8 nitrogen and oxygen atoms in total. The Morgan fingerprint density at radius 3 is 2.50 bits per heavy atom. The lowest BCUT2D eigenvalue weighted by Gasteiger charge is -2.22. The molecule has 1 amide bonds. The van der Waals surface area contributed by atoms with Crippen molar-refractivity contribution < 1.29 is 13.8 Å². The molecular formula is C16H23N5O3. The first kappa shape index (κ1) is 16.6. The molecule has 0 spiro atoms. The minimum absolute atomic E-state index is 0.0319. The van der Waals surface area contributed by atoms with Gasteiger partial charge in [-0.1, -0.05) is 29.6 Å². The summed E-state index contributed by atoms with van der Waals surface area (Å²) in [7, 11) is 0. The van der Waals surface area contributed by atoms with Gasteiger partial charge in [-0.05, 0) is 26.2 Å². The molecule has 2 aromatic rings. The van der Waals surface area contributed by atoms with Crippen LogP contribution in [-0.4, -0.2) is 32.2 Å². The summed E-state index contributed by atoms with van der Waals surface area (Å²) in [6.07, 6.45) is 8.02. The number of rotatable bonds is 7. The van der Waals surface area contributed by atoms with E-state index in [0.29, 0.717) is 42.3 Å². The molecule has 3 rings (SSSR count). The molecule has 1 N–H and O–H groups in total. The molecule has 0 unspecified atom stereocenters. The minimum Gasteiger partial charge on any atom is -0.353 e. The summed E-state index contributed by atoms with van der Waals surface area (Å²) in [6, 6.07) is 0.301. The first-order chi connectivity index (χ1) is 11.7.